The summed E-state index contributed by atoms with van der Waals surface area (Å²) in [6.07, 6.45) is -1.51. The molecule has 0 bridgehead atoms. The second-order valence-electron chi connectivity index (χ2n) is 4.48. The molecule has 8 nitrogen and oxygen atoms in total. The molecule has 1 rings (SSSR count). The minimum Gasteiger partial charge on any atom is -0.479 e. The van der Waals surface area contributed by atoms with Gasteiger partial charge in [-0.3, -0.25) is 9.59 Å². The van der Waals surface area contributed by atoms with E-state index in [-0.39, 0.29) is 36.3 Å². The van der Waals surface area contributed by atoms with E-state index in [1.54, 1.807) is 4.90 Å². The van der Waals surface area contributed by atoms with Crippen LogP contribution in [0.5, 0.6) is 0 Å². The molecule has 0 aliphatic carbocycles. The molecule has 0 unspecified atom stereocenters. The molecule has 0 saturated carbocycles. The van der Waals surface area contributed by atoms with Gasteiger partial charge in [0.05, 0.1) is 24.7 Å². The number of morpholine rings is 1. The van der Waals surface area contributed by atoms with E-state index >= 15 is 0 Å². The maximum Gasteiger partial charge on any atom is 0.332 e. The molecule has 1 heterocycles. The Morgan fingerprint density at radius 3 is 2.52 bits per heavy atom. The first kappa shape index (κ1) is 17.7. The third-order valence-corrected chi connectivity index (χ3v) is 3.76. The molecule has 0 spiro atoms. The van der Waals surface area contributed by atoms with Gasteiger partial charge in [0, 0.05) is 26.1 Å². The number of carbonyl (C=O) groups is 3. The number of rotatable bonds is 8. The molecule has 0 aromatic carbocycles. The summed E-state index contributed by atoms with van der Waals surface area (Å²) >= 11 is 1.21. The van der Waals surface area contributed by atoms with E-state index < -0.39 is 12.1 Å². The Hall–Kier alpha value is -1.32. The highest BCUT2D eigenvalue weighted by Crippen LogP contribution is 2.05. The van der Waals surface area contributed by atoms with Crippen molar-refractivity contribution in [1.82, 2.24) is 10.2 Å². The van der Waals surface area contributed by atoms with Crippen LogP contribution >= 0.6 is 11.8 Å². The van der Waals surface area contributed by atoms with Gasteiger partial charge in [0.25, 0.3) is 0 Å². The van der Waals surface area contributed by atoms with Crippen LogP contribution in [0.15, 0.2) is 0 Å². The summed E-state index contributed by atoms with van der Waals surface area (Å²) in [4.78, 5) is 35.3. The number of nitrogens with zero attached hydrogens (tertiary/aromatic N) is 1. The molecule has 2 amide bonds. The lowest BCUT2D eigenvalue weighted by molar-refractivity contribution is -0.147. The average Bonchev–Trinajstić information content (AvgIpc) is 2.47. The number of aliphatic hydroxyl groups is 1. The number of amides is 2. The molecule has 0 radical (unpaired) electrons. The molecule has 0 aromatic heterocycles. The van der Waals surface area contributed by atoms with Crippen molar-refractivity contribution in [3.8, 4) is 0 Å². The van der Waals surface area contributed by atoms with Crippen LogP contribution in [0.25, 0.3) is 0 Å². The van der Waals surface area contributed by atoms with Crippen molar-refractivity contribution in [2.45, 2.75) is 12.5 Å². The number of hydrogen-bond donors (Lipinski definition) is 3. The molecule has 1 saturated heterocycles. The van der Waals surface area contributed by atoms with Gasteiger partial charge >= 0.3 is 5.97 Å². The average molecular weight is 320 g/mol. The van der Waals surface area contributed by atoms with Gasteiger partial charge in [0.15, 0.2) is 6.10 Å². The second kappa shape index (κ2) is 9.59. The Morgan fingerprint density at radius 2 is 1.90 bits per heavy atom. The van der Waals surface area contributed by atoms with Crippen molar-refractivity contribution in [2.24, 2.45) is 0 Å². The van der Waals surface area contributed by atoms with Crippen LogP contribution in [-0.2, 0) is 19.1 Å². The van der Waals surface area contributed by atoms with Gasteiger partial charge in [-0.1, -0.05) is 0 Å². The van der Waals surface area contributed by atoms with E-state index in [0.29, 0.717) is 26.3 Å². The van der Waals surface area contributed by atoms with Gasteiger partial charge in [0.2, 0.25) is 11.8 Å². The second-order valence-corrected chi connectivity index (χ2v) is 5.46. The maximum absolute atomic E-state index is 11.8. The number of aliphatic carboxylic acids is 1. The fourth-order valence-corrected chi connectivity index (χ4v) is 2.40. The molecule has 1 aliphatic rings. The van der Waals surface area contributed by atoms with Gasteiger partial charge in [-0.15, -0.1) is 11.8 Å². The fraction of sp³-hybridized carbons (Fsp3) is 0.750. The first-order valence-electron chi connectivity index (χ1n) is 6.61. The lowest BCUT2D eigenvalue weighted by atomic mass is 10.2. The molecule has 21 heavy (non-hydrogen) atoms. The Morgan fingerprint density at radius 1 is 1.24 bits per heavy atom. The highest BCUT2D eigenvalue weighted by Gasteiger charge is 2.17. The number of carbonyl (C=O) groups excluding carboxylic acids is 2. The summed E-state index contributed by atoms with van der Waals surface area (Å²) in [6, 6.07) is 0. The van der Waals surface area contributed by atoms with Gasteiger partial charge in [-0.05, 0) is 0 Å². The summed E-state index contributed by atoms with van der Waals surface area (Å²) < 4.78 is 5.15. The number of carboxylic acid groups (broad SMARTS) is 1. The molecule has 1 fully saturated rings. The predicted octanol–water partition coefficient (Wildman–Crippen LogP) is -1.47. The van der Waals surface area contributed by atoms with Crippen molar-refractivity contribution in [1.29, 1.82) is 0 Å². The van der Waals surface area contributed by atoms with Gasteiger partial charge in [-0.25, -0.2) is 4.79 Å². The number of nitrogens with one attached hydrogen (secondary N) is 1. The Balaban J connectivity index is 2.07. The van der Waals surface area contributed by atoms with E-state index in [9.17, 15) is 14.4 Å². The third kappa shape index (κ3) is 7.30. The zero-order chi connectivity index (χ0) is 15.7. The molecular formula is C12H20N2O6S. The largest absolute Gasteiger partial charge is 0.479 e. The van der Waals surface area contributed by atoms with Gasteiger partial charge < -0.3 is 25.2 Å². The molecule has 9 heteroatoms. The van der Waals surface area contributed by atoms with Gasteiger partial charge in [-0.2, -0.15) is 0 Å². The summed E-state index contributed by atoms with van der Waals surface area (Å²) in [5.74, 6) is -1.26. The first-order valence-corrected chi connectivity index (χ1v) is 7.77. The summed E-state index contributed by atoms with van der Waals surface area (Å²) in [7, 11) is 0. The fourth-order valence-electron chi connectivity index (χ4n) is 1.66. The quantitative estimate of drug-likeness (QED) is 0.500. The minimum absolute atomic E-state index is 0.0163. The summed E-state index contributed by atoms with van der Waals surface area (Å²) in [5, 5.41) is 20.0. The third-order valence-electron chi connectivity index (χ3n) is 2.85. The Bertz CT molecular complexity index is 373. The van der Waals surface area contributed by atoms with Crippen LogP contribution in [-0.4, -0.2) is 83.4 Å². The lowest BCUT2D eigenvalue weighted by Crippen LogP contribution is -2.41. The number of hydrogen-bond acceptors (Lipinski definition) is 6. The van der Waals surface area contributed by atoms with Crippen molar-refractivity contribution < 1.29 is 29.3 Å². The number of aliphatic hydroxyl groups excluding tert-OH is 1. The van der Waals surface area contributed by atoms with Crippen LogP contribution in [0.2, 0.25) is 0 Å². The van der Waals surface area contributed by atoms with Crippen LogP contribution in [0.1, 0.15) is 6.42 Å². The Kier molecular flexibility index (Phi) is 8.09. The molecular weight excluding hydrogens is 300 g/mol. The highest BCUT2D eigenvalue weighted by molar-refractivity contribution is 8.00. The SMILES string of the molecule is O=C(CSCC(=O)N1CCOCC1)NCC[C@H](O)C(=O)O. The van der Waals surface area contributed by atoms with Crippen LogP contribution < -0.4 is 5.32 Å². The normalized spacial score (nSPS) is 16.3. The smallest absolute Gasteiger partial charge is 0.332 e. The number of thioether (sulfide) groups is 1. The van der Waals surface area contributed by atoms with Crippen molar-refractivity contribution in [3.63, 3.8) is 0 Å². The molecule has 3 N–H and O–H groups in total. The van der Waals surface area contributed by atoms with Crippen LogP contribution in [0.4, 0.5) is 0 Å². The van der Waals surface area contributed by atoms with Gasteiger partial charge in [0.1, 0.15) is 0 Å². The van der Waals surface area contributed by atoms with Crippen molar-refractivity contribution in [3.05, 3.63) is 0 Å². The standard InChI is InChI=1S/C12H20N2O6S/c15-9(12(18)19)1-2-13-10(16)7-21-8-11(17)14-3-5-20-6-4-14/h9,15H,1-8H2,(H,13,16)(H,18,19)/t9-/m0/s1. The number of ether oxygens (including phenoxy) is 1. The van der Waals surface area contributed by atoms with E-state index in [1.807, 2.05) is 0 Å². The van der Waals surface area contributed by atoms with Crippen LogP contribution in [0, 0.1) is 0 Å². The summed E-state index contributed by atoms with van der Waals surface area (Å²) in [5.41, 5.74) is 0. The van der Waals surface area contributed by atoms with E-state index in [0.717, 1.165) is 0 Å². The topological polar surface area (TPSA) is 116 Å². The molecule has 120 valence electrons. The summed E-state index contributed by atoms with van der Waals surface area (Å²) in [6.45, 7) is 2.34. The minimum atomic E-state index is -1.47. The Labute approximate surface area is 126 Å². The lowest BCUT2D eigenvalue weighted by Gasteiger charge is -2.26. The maximum atomic E-state index is 11.8. The zero-order valence-corrected chi connectivity index (χ0v) is 12.4. The van der Waals surface area contributed by atoms with Crippen molar-refractivity contribution in [2.75, 3.05) is 44.4 Å². The molecule has 1 aliphatic heterocycles. The van der Waals surface area contributed by atoms with E-state index in [4.69, 9.17) is 14.9 Å². The first-order chi connectivity index (χ1) is 10.0. The highest BCUT2D eigenvalue weighted by atomic mass is 32.2. The monoisotopic (exact) mass is 320 g/mol. The van der Waals surface area contributed by atoms with Crippen LogP contribution in [0.3, 0.4) is 0 Å². The molecule has 1 atom stereocenters. The van der Waals surface area contributed by atoms with E-state index in [1.165, 1.54) is 11.8 Å². The predicted molar refractivity (Wildman–Crippen MR) is 76.0 cm³/mol. The zero-order valence-electron chi connectivity index (χ0n) is 11.6. The number of carboxylic acids is 1. The molecule has 0 aromatic rings. The van der Waals surface area contributed by atoms with E-state index in [2.05, 4.69) is 5.32 Å². The van der Waals surface area contributed by atoms with Crippen molar-refractivity contribution >= 4 is 29.5 Å².